The third-order valence-electron chi connectivity index (χ3n) is 2.50. The van der Waals surface area contributed by atoms with Crippen LogP contribution in [0.5, 0.6) is 0 Å². The Morgan fingerprint density at radius 3 is 2.32 bits per heavy atom. The summed E-state index contributed by atoms with van der Waals surface area (Å²) in [6.07, 6.45) is 1.67. The van der Waals surface area contributed by atoms with Crippen LogP contribution in [0.3, 0.4) is 0 Å². The molecule has 0 saturated carbocycles. The molecule has 0 aromatic heterocycles. The summed E-state index contributed by atoms with van der Waals surface area (Å²) in [5.41, 5.74) is 1.19. The van der Waals surface area contributed by atoms with Crippen molar-refractivity contribution in [1.82, 2.24) is 9.80 Å². The smallest absolute Gasteiger partial charge is 0.323 e. The van der Waals surface area contributed by atoms with Crippen LogP contribution in [0.1, 0.15) is 10.4 Å². The number of carbonyl (C=O) groups excluding carboxylic acids is 1. The van der Waals surface area contributed by atoms with Gasteiger partial charge in [-0.3, -0.25) is 9.59 Å². The number of benzene rings is 1. The van der Waals surface area contributed by atoms with E-state index in [1.807, 2.05) is 25.1 Å². The average Bonchev–Trinajstić information content (AvgIpc) is 2.36. The number of aliphatic carboxylic acids is 1. The molecule has 1 rings (SSSR count). The van der Waals surface area contributed by atoms with E-state index in [2.05, 4.69) is 72.8 Å². The summed E-state index contributed by atoms with van der Waals surface area (Å²) in [6.45, 7) is -0.340. The number of carbonyl (C=O) groups is 2. The maximum atomic E-state index is 12.5. The molecule has 120 valence electrons. The van der Waals surface area contributed by atoms with E-state index in [1.54, 1.807) is 6.34 Å². The number of likely N-dealkylation sites (N-methyl/N-ethyl adjacent to an activating group) is 1. The van der Waals surface area contributed by atoms with Gasteiger partial charge in [-0.2, -0.15) is 0 Å². The van der Waals surface area contributed by atoms with Crippen molar-refractivity contribution in [1.29, 1.82) is 0 Å². The summed E-state index contributed by atoms with van der Waals surface area (Å²) in [7, 11) is 5.20. The van der Waals surface area contributed by atoms with Crippen LogP contribution < -0.4 is 0 Å². The summed E-state index contributed by atoms with van der Waals surface area (Å²) in [5.74, 6) is -1.37. The van der Waals surface area contributed by atoms with Crippen molar-refractivity contribution in [2.24, 2.45) is 4.99 Å². The summed E-state index contributed by atoms with van der Waals surface area (Å²) >= 11 is 6.34. The zero-order valence-corrected chi connectivity index (χ0v) is 18.6. The highest BCUT2D eigenvalue weighted by molar-refractivity contribution is 14.1. The average molecular weight is 641 g/mol. The molecular weight excluding hydrogens is 627 g/mol. The Labute approximate surface area is 169 Å². The Morgan fingerprint density at radius 1 is 1.23 bits per heavy atom. The predicted molar refractivity (Wildman–Crippen MR) is 111 cm³/mol. The summed E-state index contributed by atoms with van der Waals surface area (Å²) < 4.78 is 2.42. The molecule has 0 heterocycles. The van der Waals surface area contributed by atoms with Gasteiger partial charge in [0, 0.05) is 28.3 Å². The van der Waals surface area contributed by atoms with Gasteiger partial charge in [0.2, 0.25) is 0 Å². The first-order valence-electron chi connectivity index (χ1n) is 6.00. The highest BCUT2D eigenvalue weighted by atomic mass is 127. The zero-order valence-electron chi connectivity index (χ0n) is 12.1. The van der Waals surface area contributed by atoms with Crippen LogP contribution >= 0.6 is 67.8 Å². The number of rotatable bonds is 5. The molecule has 0 spiro atoms. The Morgan fingerprint density at radius 2 is 1.82 bits per heavy atom. The van der Waals surface area contributed by atoms with Gasteiger partial charge in [0.15, 0.2) is 0 Å². The topological polar surface area (TPSA) is 73.2 Å². The number of carboxylic acid groups (broad SMARTS) is 1. The molecule has 22 heavy (non-hydrogen) atoms. The van der Waals surface area contributed by atoms with E-state index in [0.29, 0.717) is 14.8 Å². The minimum Gasteiger partial charge on any atom is -0.480 e. The standard InChI is InChI=1S/C13H14I3N3O3/c1-18(2)6-17-12-8(15)4-7(14)10(11(12)16)13(22)19(3)5-9(20)21/h4,6H,5H2,1-3H3,(H,20,21). The largest absolute Gasteiger partial charge is 0.480 e. The first-order chi connectivity index (χ1) is 10.1. The lowest BCUT2D eigenvalue weighted by Gasteiger charge is -2.18. The lowest BCUT2D eigenvalue weighted by atomic mass is 10.2. The van der Waals surface area contributed by atoms with Crippen molar-refractivity contribution in [3.63, 3.8) is 0 Å². The fourth-order valence-electron chi connectivity index (χ4n) is 1.53. The fraction of sp³-hybridized carbons (Fsp3) is 0.308. The maximum absolute atomic E-state index is 12.5. The summed E-state index contributed by atoms with van der Waals surface area (Å²) in [5, 5.41) is 8.83. The van der Waals surface area contributed by atoms with E-state index in [4.69, 9.17) is 5.11 Å². The molecule has 1 aromatic carbocycles. The molecule has 0 aliphatic carbocycles. The second-order valence-corrected chi connectivity index (χ2v) is 8.04. The van der Waals surface area contributed by atoms with E-state index >= 15 is 0 Å². The number of halogens is 3. The first-order valence-corrected chi connectivity index (χ1v) is 9.24. The Balaban J connectivity index is 3.33. The molecule has 0 saturated heterocycles. The number of hydrogen-bond acceptors (Lipinski definition) is 3. The molecule has 1 N–H and O–H groups in total. The van der Waals surface area contributed by atoms with Crippen LogP contribution in [0.15, 0.2) is 11.1 Å². The number of carboxylic acids is 1. The second-order valence-electron chi connectivity index (χ2n) is 4.64. The van der Waals surface area contributed by atoms with E-state index in [9.17, 15) is 9.59 Å². The van der Waals surface area contributed by atoms with Crippen molar-refractivity contribution in [3.05, 3.63) is 22.3 Å². The van der Waals surface area contributed by atoms with Crippen LogP contribution in [-0.4, -0.2) is 60.8 Å². The number of nitrogens with zero attached hydrogens (tertiary/aromatic N) is 3. The summed E-state index contributed by atoms with van der Waals surface area (Å²) in [4.78, 5) is 30.7. The maximum Gasteiger partial charge on any atom is 0.323 e. The van der Waals surface area contributed by atoms with Crippen LogP contribution in [0, 0.1) is 10.7 Å². The molecule has 0 radical (unpaired) electrons. The van der Waals surface area contributed by atoms with Crippen LogP contribution in [0.25, 0.3) is 0 Å². The van der Waals surface area contributed by atoms with Gasteiger partial charge in [0.25, 0.3) is 5.91 Å². The van der Waals surface area contributed by atoms with Crippen molar-refractivity contribution in [2.75, 3.05) is 27.7 Å². The summed E-state index contributed by atoms with van der Waals surface area (Å²) in [6, 6.07) is 1.87. The van der Waals surface area contributed by atoms with Gasteiger partial charge in [-0.1, -0.05) is 0 Å². The highest BCUT2D eigenvalue weighted by Gasteiger charge is 2.23. The van der Waals surface area contributed by atoms with Crippen molar-refractivity contribution in [2.45, 2.75) is 0 Å². The van der Waals surface area contributed by atoms with Crippen LogP contribution in [0.2, 0.25) is 0 Å². The molecule has 0 unspecified atom stereocenters. The van der Waals surface area contributed by atoms with Crippen molar-refractivity contribution >= 4 is 91.7 Å². The number of amides is 1. The minimum atomic E-state index is -1.04. The molecule has 0 atom stereocenters. The normalized spacial score (nSPS) is 10.8. The third kappa shape index (κ3) is 5.18. The SMILES string of the molecule is CN(C)C=Nc1c(I)cc(I)c(C(=O)N(C)CC(=O)O)c1I. The molecule has 1 aromatic rings. The van der Waals surface area contributed by atoms with E-state index in [1.165, 1.54) is 11.9 Å². The molecular formula is C13H14I3N3O3. The molecule has 6 nitrogen and oxygen atoms in total. The molecule has 9 heteroatoms. The zero-order chi connectivity index (χ0) is 17.0. The fourth-order valence-corrected chi connectivity index (χ4v) is 5.64. The predicted octanol–water partition coefficient (Wildman–Crippen LogP) is 2.88. The monoisotopic (exact) mass is 641 g/mol. The van der Waals surface area contributed by atoms with Crippen molar-refractivity contribution in [3.8, 4) is 0 Å². The van der Waals surface area contributed by atoms with Gasteiger partial charge in [-0.25, -0.2) is 4.99 Å². The van der Waals surface area contributed by atoms with Gasteiger partial charge >= 0.3 is 5.97 Å². The Hall–Kier alpha value is -0.180. The van der Waals surface area contributed by atoms with Gasteiger partial charge in [-0.15, -0.1) is 0 Å². The van der Waals surface area contributed by atoms with Gasteiger partial charge in [0.1, 0.15) is 6.54 Å². The van der Waals surface area contributed by atoms with Gasteiger partial charge < -0.3 is 14.9 Å². The molecule has 0 fully saturated rings. The first kappa shape index (κ1) is 19.9. The number of aliphatic imine (C=N–C) groups is 1. The second kappa shape index (κ2) is 8.61. The molecule has 0 aliphatic heterocycles. The van der Waals surface area contributed by atoms with Crippen LogP contribution in [-0.2, 0) is 4.79 Å². The third-order valence-corrected chi connectivity index (χ3v) is 5.22. The Kier molecular flexibility index (Phi) is 7.78. The molecule has 0 aliphatic rings. The number of hydrogen-bond donors (Lipinski definition) is 1. The molecule has 0 bridgehead atoms. The van der Waals surface area contributed by atoms with E-state index in [-0.39, 0.29) is 12.5 Å². The van der Waals surface area contributed by atoms with E-state index < -0.39 is 5.97 Å². The highest BCUT2D eigenvalue weighted by Crippen LogP contribution is 2.34. The molecule has 1 amide bonds. The Bertz CT molecular complexity index is 633. The lowest BCUT2D eigenvalue weighted by Crippen LogP contribution is -2.33. The van der Waals surface area contributed by atoms with Gasteiger partial charge in [-0.05, 0) is 73.8 Å². The quantitative estimate of drug-likeness (QED) is 0.305. The minimum absolute atomic E-state index is 0.325. The lowest BCUT2D eigenvalue weighted by molar-refractivity contribution is -0.137. The van der Waals surface area contributed by atoms with E-state index in [0.717, 1.165) is 7.14 Å². The van der Waals surface area contributed by atoms with Crippen molar-refractivity contribution < 1.29 is 14.7 Å². The van der Waals surface area contributed by atoms with Gasteiger partial charge in [0.05, 0.1) is 21.2 Å². The van der Waals surface area contributed by atoms with Crippen LogP contribution in [0.4, 0.5) is 5.69 Å².